The van der Waals surface area contributed by atoms with Gasteiger partial charge in [0.15, 0.2) is 0 Å². The lowest BCUT2D eigenvalue weighted by molar-refractivity contribution is 0.0603. The van der Waals surface area contributed by atoms with E-state index >= 15 is 0 Å². The highest BCUT2D eigenvalue weighted by Gasteiger charge is 2.31. The zero-order chi connectivity index (χ0) is 14.2. The molecule has 19 heavy (non-hydrogen) atoms. The van der Waals surface area contributed by atoms with Gasteiger partial charge in [-0.15, -0.1) is 11.3 Å². The zero-order valence-electron chi connectivity index (χ0n) is 10.4. The molecule has 8 heteroatoms. The highest BCUT2D eigenvalue weighted by atomic mass is 32.1. The number of aliphatic hydroxyl groups is 1. The van der Waals surface area contributed by atoms with Crippen LogP contribution in [-0.2, 0) is 4.74 Å². The van der Waals surface area contributed by atoms with Gasteiger partial charge in [-0.05, 0) is 6.42 Å². The van der Waals surface area contributed by atoms with Crippen molar-refractivity contribution >= 4 is 33.9 Å². The van der Waals surface area contributed by atoms with Crippen molar-refractivity contribution in [3.63, 3.8) is 0 Å². The Balaban J connectivity index is 2.49. The maximum absolute atomic E-state index is 11.8. The molecular formula is C11H15N3O4S. The summed E-state index contributed by atoms with van der Waals surface area (Å²) in [5.41, 5.74) is 11.2. The van der Waals surface area contributed by atoms with Crippen LogP contribution < -0.4 is 16.4 Å². The van der Waals surface area contributed by atoms with Gasteiger partial charge in [0, 0.05) is 13.1 Å². The summed E-state index contributed by atoms with van der Waals surface area (Å²) in [7, 11) is 1.24. The number of primary amides is 1. The Kier molecular flexibility index (Phi) is 3.63. The van der Waals surface area contributed by atoms with Crippen LogP contribution in [0.4, 0.5) is 10.7 Å². The van der Waals surface area contributed by atoms with E-state index < -0.39 is 18.0 Å². The Labute approximate surface area is 113 Å². The largest absolute Gasteiger partial charge is 0.465 e. The summed E-state index contributed by atoms with van der Waals surface area (Å²) in [5.74, 6) is -1.30. The number of methoxy groups -OCH3 is 1. The van der Waals surface area contributed by atoms with E-state index in [9.17, 15) is 14.7 Å². The van der Waals surface area contributed by atoms with Crippen LogP contribution in [0.25, 0.3) is 0 Å². The fourth-order valence-corrected chi connectivity index (χ4v) is 3.16. The van der Waals surface area contributed by atoms with Gasteiger partial charge in [0.25, 0.3) is 5.91 Å². The molecular weight excluding hydrogens is 270 g/mol. The van der Waals surface area contributed by atoms with Crippen LogP contribution in [0, 0.1) is 0 Å². The van der Waals surface area contributed by atoms with E-state index in [0.29, 0.717) is 24.5 Å². The van der Waals surface area contributed by atoms with Crippen LogP contribution in [0.5, 0.6) is 0 Å². The number of amides is 1. The van der Waals surface area contributed by atoms with Gasteiger partial charge < -0.3 is 26.2 Å². The summed E-state index contributed by atoms with van der Waals surface area (Å²) in [6.07, 6.45) is 0.149. The lowest BCUT2D eigenvalue weighted by Crippen LogP contribution is -2.22. The first-order valence-electron chi connectivity index (χ1n) is 5.69. The highest BCUT2D eigenvalue weighted by molar-refractivity contribution is 7.19. The number of carbonyl (C=O) groups excluding carboxylic acids is 2. The van der Waals surface area contributed by atoms with Gasteiger partial charge >= 0.3 is 5.97 Å². The Morgan fingerprint density at radius 1 is 1.53 bits per heavy atom. The molecule has 1 amide bonds. The van der Waals surface area contributed by atoms with Crippen molar-refractivity contribution in [2.75, 3.05) is 30.8 Å². The Bertz CT molecular complexity index is 528. The molecule has 7 nitrogen and oxygen atoms in total. The molecule has 5 N–H and O–H groups in total. The quantitative estimate of drug-likeness (QED) is 0.661. The van der Waals surface area contributed by atoms with Gasteiger partial charge in [0.2, 0.25) is 0 Å². The monoisotopic (exact) mass is 285 g/mol. The number of thiophene rings is 1. The zero-order valence-corrected chi connectivity index (χ0v) is 11.2. The van der Waals surface area contributed by atoms with Crippen molar-refractivity contribution in [2.24, 2.45) is 5.73 Å². The Morgan fingerprint density at radius 3 is 2.68 bits per heavy atom. The summed E-state index contributed by atoms with van der Waals surface area (Å²) in [4.78, 5) is 25.0. The minimum absolute atomic E-state index is 0.0424. The predicted molar refractivity (Wildman–Crippen MR) is 71.4 cm³/mol. The third kappa shape index (κ3) is 2.36. The Hall–Kier alpha value is -1.80. The molecule has 1 aliphatic rings. The van der Waals surface area contributed by atoms with E-state index in [2.05, 4.69) is 4.74 Å². The molecule has 1 unspecified atom stereocenters. The topological polar surface area (TPSA) is 119 Å². The van der Waals surface area contributed by atoms with E-state index in [0.717, 1.165) is 11.3 Å². The maximum Gasteiger partial charge on any atom is 0.343 e. The van der Waals surface area contributed by atoms with Gasteiger partial charge in [-0.25, -0.2) is 4.79 Å². The third-order valence-corrected chi connectivity index (χ3v) is 4.27. The Morgan fingerprint density at radius 2 is 2.21 bits per heavy atom. The minimum atomic E-state index is -0.682. The van der Waals surface area contributed by atoms with Crippen molar-refractivity contribution in [1.82, 2.24) is 0 Å². The molecule has 1 saturated heterocycles. The van der Waals surface area contributed by atoms with Crippen molar-refractivity contribution in [3.05, 3.63) is 10.4 Å². The second-order valence-electron chi connectivity index (χ2n) is 4.27. The molecule has 2 heterocycles. The summed E-state index contributed by atoms with van der Waals surface area (Å²) in [5, 5.41) is 10.1. The molecule has 0 spiro atoms. The molecule has 2 rings (SSSR count). The van der Waals surface area contributed by atoms with Gasteiger partial charge in [-0.3, -0.25) is 4.79 Å². The molecule has 0 aromatic carbocycles. The average molecular weight is 285 g/mol. The first kappa shape index (κ1) is 13.6. The van der Waals surface area contributed by atoms with Crippen LogP contribution >= 0.6 is 11.3 Å². The predicted octanol–water partition coefficient (Wildman–Crippen LogP) is -0.213. The summed E-state index contributed by atoms with van der Waals surface area (Å²) >= 11 is 1.05. The van der Waals surface area contributed by atoms with E-state index in [-0.39, 0.29) is 16.1 Å². The van der Waals surface area contributed by atoms with Crippen molar-refractivity contribution in [2.45, 2.75) is 12.5 Å². The number of β-amino-alcohol motifs (C(OH)–C–C–N with tert-alkyl or cyclic N) is 1. The molecule has 0 radical (unpaired) electrons. The number of nitrogens with two attached hydrogens (primary N) is 2. The fraction of sp³-hybridized carbons (Fsp3) is 0.455. The molecule has 104 valence electrons. The smallest absolute Gasteiger partial charge is 0.343 e. The molecule has 1 fully saturated rings. The summed E-state index contributed by atoms with van der Waals surface area (Å²) in [6, 6.07) is 0. The highest BCUT2D eigenvalue weighted by Crippen LogP contribution is 2.39. The lowest BCUT2D eigenvalue weighted by Gasteiger charge is -2.16. The SMILES string of the molecule is COC(=O)c1c(N2CCC(O)C2)sc(C(N)=O)c1N. The third-order valence-electron chi connectivity index (χ3n) is 2.99. The number of rotatable bonds is 3. The molecule has 1 atom stereocenters. The lowest BCUT2D eigenvalue weighted by atomic mass is 10.2. The minimum Gasteiger partial charge on any atom is -0.465 e. The van der Waals surface area contributed by atoms with Crippen LogP contribution in [0.1, 0.15) is 26.5 Å². The standard InChI is InChI=1S/C11H15N3O4S/c1-18-11(17)6-7(12)8(9(13)16)19-10(6)14-3-2-5(15)4-14/h5,15H,2-4,12H2,1H3,(H2,13,16). The van der Waals surface area contributed by atoms with Crippen LogP contribution in [0.3, 0.4) is 0 Å². The normalized spacial score (nSPS) is 18.6. The average Bonchev–Trinajstić information content (AvgIpc) is 2.92. The van der Waals surface area contributed by atoms with Gasteiger partial charge in [0.1, 0.15) is 15.4 Å². The van der Waals surface area contributed by atoms with Crippen LogP contribution in [0.15, 0.2) is 0 Å². The molecule has 0 aliphatic carbocycles. The van der Waals surface area contributed by atoms with Crippen LogP contribution in [0.2, 0.25) is 0 Å². The van der Waals surface area contributed by atoms with E-state index in [1.54, 1.807) is 0 Å². The fourth-order valence-electron chi connectivity index (χ4n) is 2.06. The summed E-state index contributed by atoms with van der Waals surface area (Å²) in [6.45, 7) is 0.978. The number of aliphatic hydroxyl groups excluding tert-OH is 1. The van der Waals surface area contributed by atoms with E-state index in [4.69, 9.17) is 11.5 Å². The number of carbonyl (C=O) groups is 2. The number of nitrogens with zero attached hydrogens (tertiary/aromatic N) is 1. The van der Waals surface area contributed by atoms with Crippen molar-refractivity contribution in [3.8, 4) is 0 Å². The number of esters is 1. The van der Waals surface area contributed by atoms with Gasteiger partial charge in [-0.1, -0.05) is 0 Å². The van der Waals surface area contributed by atoms with E-state index in [1.807, 2.05) is 4.90 Å². The second kappa shape index (κ2) is 5.06. The number of nitrogen functional groups attached to an aromatic ring is 1. The molecule has 1 aliphatic heterocycles. The molecule has 0 bridgehead atoms. The molecule has 1 aromatic heterocycles. The first-order chi connectivity index (χ1) is 8.95. The molecule has 0 saturated carbocycles. The number of hydrogen-bond donors (Lipinski definition) is 3. The van der Waals surface area contributed by atoms with Crippen molar-refractivity contribution in [1.29, 1.82) is 0 Å². The molecule has 1 aromatic rings. The van der Waals surface area contributed by atoms with Crippen molar-refractivity contribution < 1.29 is 19.4 Å². The van der Waals surface area contributed by atoms with Gasteiger partial charge in [-0.2, -0.15) is 0 Å². The maximum atomic E-state index is 11.8. The number of hydrogen-bond acceptors (Lipinski definition) is 7. The number of anilines is 2. The van der Waals surface area contributed by atoms with Gasteiger partial charge in [0.05, 0.1) is 18.9 Å². The number of ether oxygens (including phenoxy) is 1. The second-order valence-corrected chi connectivity index (χ2v) is 5.27. The van der Waals surface area contributed by atoms with Crippen LogP contribution in [-0.4, -0.2) is 43.3 Å². The van der Waals surface area contributed by atoms with E-state index in [1.165, 1.54) is 7.11 Å². The first-order valence-corrected chi connectivity index (χ1v) is 6.50. The summed E-state index contributed by atoms with van der Waals surface area (Å²) < 4.78 is 4.68.